The summed E-state index contributed by atoms with van der Waals surface area (Å²) in [5.41, 5.74) is 0.294. The van der Waals surface area contributed by atoms with Crippen LogP contribution in [0.5, 0.6) is 0 Å². The highest BCUT2D eigenvalue weighted by Crippen LogP contribution is 2.20. The molecule has 3 N–H and O–H groups in total. The minimum Gasteiger partial charge on any atom is -0.481 e. The predicted octanol–water partition coefficient (Wildman–Crippen LogP) is 2.07. The van der Waals surface area contributed by atoms with Crippen LogP contribution in [0.1, 0.15) is 23.3 Å². The Labute approximate surface area is 166 Å². The van der Waals surface area contributed by atoms with Crippen molar-refractivity contribution in [2.24, 2.45) is 0 Å². The van der Waals surface area contributed by atoms with Gasteiger partial charge in [-0.3, -0.25) is 14.3 Å². The van der Waals surface area contributed by atoms with E-state index in [4.69, 9.17) is 15.0 Å². The van der Waals surface area contributed by atoms with Gasteiger partial charge >= 0.3 is 18.1 Å². The van der Waals surface area contributed by atoms with E-state index in [-0.39, 0.29) is 12.3 Å². The maximum absolute atomic E-state index is 11.8. The van der Waals surface area contributed by atoms with Gasteiger partial charge in [-0.05, 0) is 6.42 Å². The van der Waals surface area contributed by atoms with Gasteiger partial charge in [0.15, 0.2) is 5.69 Å². The zero-order chi connectivity index (χ0) is 21.6. The molecule has 0 radical (unpaired) electrons. The molecule has 0 aliphatic heterocycles. The molecule has 14 heteroatoms. The van der Waals surface area contributed by atoms with Crippen LogP contribution in [0.3, 0.4) is 0 Å². The predicted molar refractivity (Wildman–Crippen MR) is 98.0 cm³/mol. The topological polar surface area (TPSA) is 134 Å². The lowest BCUT2D eigenvalue weighted by atomic mass is 10.4. The number of carbonyl (C=O) groups excluding carboxylic acids is 1. The summed E-state index contributed by atoms with van der Waals surface area (Å²) < 4.78 is 33.3. The highest BCUT2D eigenvalue weighted by atomic mass is 33.1. The highest BCUT2D eigenvalue weighted by Gasteiger charge is 2.38. The van der Waals surface area contributed by atoms with Gasteiger partial charge in [0.05, 0.1) is 12.6 Å². The second-order valence-electron chi connectivity index (χ2n) is 4.79. The average molecular weight is 444 g/mol. The number of carboxylic acid groups (broad SMARTS) is 2. The van der Waals surface area contributed by atoms with Gasteiger partial charge in [-0.2, -0.15) is 13.2 Å². The van der Waals surface area contributed by atoms with Crippen LogP contribution in [0.2, 0.25) is 0 Å². The molecular weight excluding hydrogens is 425 g/mol. The third-order valence-corrected chi connectivity index (χ3v) is 4.94. The molecular formula is C14H19F3N4O5S2. The van der Waals surface area contributed by atoms with Crippen LogP contribution in [0.15, 0.2) is 18.9 Å². The van der Waals surface area contributed by atoms with E-state index in [1.165, 1.54) is 21.6 Å². The number of aliphatic carboxylic acids is 2. The van der Waals surface area contributed by atoms with Crippen LogP contribution < -0.4 is 5.32 Å². The van der Waals surface area contributed by atoms with E-state index < -0.39 is 18.1 Å². The van der Waals surface area contributed by atoms with Crippen LogP contribution in [0.25, 0.3) is 0 Å². The van der Waals surface area contributed by atoms with E-state index in [0.717, 1.165) is 6.42 Å². The number of aryl methyl sites for hydroxylation is 1. The summed E-state index contributed by atoms with van der Waals surface area (Å²) in [6.07, 6.45) is -0.777. The fourth-order valence-electron chi connectivity index (χ4n) is 1.28. The van der Waals surface area contributed by atoms with Crippen molar-refractivity contribution in [3.8, 4) is 0 Å². The molecule has 0 saturated carbocycles. The Kier molecular flexibility index (Phi) is 12.8. The van der Waals surface area contributed by atoms with Crippen molar-refractivity contribution < 1.29 is 37.8 Å². The quantitative estimate of drug-likeness (QED) is 0.266. The first-order valence-corrected chi connectivity index (χ1v) is 10.1. The van der Waals surface area contributed by atoms with E-state index >= 15 is 0 Å². The monoisotopic (exact) mass is 444 g/mol. The summed E-state index contributed by atoms with van der Waals surface area (Å²) in [6.45, 7) is 4.78. The molecule has 0 spiro atoms. The summed E-state index contributed by atoms with van der Waals surface area (Å²) in [7, 11) is 3.02. The highest BCUT2D eigenvalue weighted by molar-refractivity contribution is 8.76. The smallest absolute Gasteiger partial charge is 0.481 e. The van der Waals surface area contributed by atoms with Gasteiger partial charge in [0, 0.05) is 24.6 Å². The first kappa shape index (κ1) is 25.8. The first-order chi connectivity index (χ1) is 13.1. The van der Waals surface area contributed by atoms with Crippen molar-refractivity contribution >= 4 is 39.4 Å². The molecule has 0 aromatic carbocycles. The lowest BCUT2D eigenvalue weighted by Crippen LogP contribution is -2.25. The maximum Gasteiger partial charge on any atom is 0.490 e. The number of nitrogens with zero attached hydrogens (tertiary/aromatic N) is 3. The standard InChI is InChI=1S/C12H18N4O3S2.C2HF3O2/c1-2-3-6-16-9-10(14-15-16)12(19)13-5-8-21-20-7-4-11(17)18;3-2(4,5)1(6)7/h2,9H,1,3-8H2,(H,13,19)(H,17,18);(H,6,7). The fourth-order valence-corrected chi connectivity index (χ4v) is 3.17. The zero-order valence-electron chi connectivity index (χ0n) is 14.5. The molecule has 1 heterocycles. The lowest BCUT2D eigenvalue weighted by Gasteiger charge is -2.02. The zero-order valence-corrected chi connectivity index (χ0v) is 16.1. The first-order valence-electron chi connectivity index (χ1n) is 7.63. The normalized spacial score (nSPS) is 10.5. The fraction of sp³-hybridized carbons (Fsp3) is 0.500. The minimum atomic E-state index is -5.08. The molecule has 0 fully saturated rings. The van der Waals surface area contributed by atoms with Crippen LogP contribution >= 0.6 is 21.6 Å². The number of amides is 1. The summed E-state index contributed by atoms with van der Waals surface area (Å²) >= 11 is 0. The second kappa shape index (κ2) is 13.9. The van der Waals surface area contributed by atoms with Crippen molar-refractivity contribution in [1.29, 1.82) is 0 Å². The molecule has 0 atom stereocenters. The molecule has 0 aliphatic rings. The molecule has 0 bridgehead atoms. The summed E-state index contributed by atoms with van der Waals surface area (Å²) in [6, 6.07) is 0. The second-order valence-corrected chi connectivity index (χ2v) is 7.49. The van der Waals surface area contributed by atoms with Gasteiger partial charge in [-0.1, -0.05) is 32.9 Å². The molecule has 158 valence electrons. The number of alkyl halides is 3. The van der Waals surface area contributed by atoms with Crippen molar-refractivity contribution in [2.75, 3.05) is 18.1 Å². The molecule has 28 heavy (non-hydrogen) atoms. The lowest BCUT2D eigenvalue weighted by molar-refractivity contribution is -0.192. The van der Waals surface area contributed by atoms with Crippen molar-refractivity contribution in [2.45, 2.75) is 25.6 Å². The number of carboxylic acids is 2. The third-order valence-electron chi connectivity index (χ3n) is 2.53. The number of allylic oxidation sites excluding steroid dienone is 1. The van der Waals surface area contributed by atoms with Crippen molar-refractivity contribution in [3.63, 3.8) is 0 Å². The maximum atomic E-state index is 11.8. The summed E-state index contributed by atoms with van der Waals surface area (Å²) in [4.78, 5) is 31.0. The molecule has 9 nitrogen and oxygen atoms in total. The van der Waals surface area contributed by atoms with E-state index in [9.17, 15) is 22.8 Å². The van der Waals surface area contributed by atoms with Gasteiger partial charge in [0.1, 0.15) is 0 Å². The Balaban J connectivity index is 0.000000887. The van der Waals surface area contributed by atoms with Gasteiger partial charge in [-0.15, -0.1) is 11.7 Å². The SMILES string of the molecule is C=CCCn1cc(C(=O)NCCSSCCC(=O)O)nn1.O=C(O)C(F)(F)F. The molecule has 1 rings (SSSR count). The van der Waals surface area contributed by atoms with Crippen LogP contribution in [0.4, 0.5) is 13.2 Å². The number of halogens is 3. The molecule has 1 amide bonds. The third kappa shape index (κ3) is 13.0. The number of nitrogens with one attached hydrogen (secondary N) is 1. The van der Waals surface area contributed by atoms with Gasteiger partial charge in [-0.25, -0.2) is 4.79 Å². The Morgan fingerprint density at radius 3 is 2.39 bits per heavy atom. The number of carbonyl (C=O) groups is 3. The van der Waals surface area contributed by atoms with Crippen molar-refractivity contribution in [3.05, 3.63) is 24.5 Å². The molecule has 0 aliphatic carbocycles. The van der Waals surface area contributed by atoms with E-state index in [2.05, 4.69) is 22.2 Å². The van der Waals surface area contributed by atoms with Crippen molar-refractivity contribution in [1.82, 2.24) is 20.3 Å². The van der Waals surface area contributed by atoms with Crippen LogP contribution in [-0.4, -0.2) is 67.3 Å². The molecule has 0 unspecified atom stereocenters. The Morgan fingerprint density at radius 1 is 1.25 bits per heavy atom. The molecule has 1 aromatic rings. The number of hydrogen-bond acceptors (Lipinski definition) is 7. The van der Waals surface area contributed by atoms with Gasteiger partial charge in [0.2, 0.25) is 0 Å². The Hall–Kier alpha value is -2.22. The van der Waals surface area contributed by atoms with Gasteiger partial charge in [0.25, 0.3) is 5.91 Å². The largest absolute Gasteiger partial charge is 0.490 e. The van der Waals surface area contributed by atoms with E-state index in [1.807, 2.05) is 0 Å². The minimum absolute atomic E-state index is 0.151. The number of hydrogen-bond donors (Lipinski definition) is 3. The van der Waals surface area contributed by atoms with Gasteiger partial charge < -0.3 is 15.5 Å². The number of rotatable bonds is 11. The van der Waals surface area contributed by atoms with Crippen LogP contribution in [-0.2, 0) is 16.1 Å². The van der Waals surface area contributed by atoms with E-state index in [0.29, 0.717) is 30.3 Å². The average Bonchev–Trinajstić information content (AvgIpc) is 3.07. The molecule has 1 aromatic heterocycles. The Morgan fingerprint density at radius 2 is 1.86 bits per heavy atom. The molecule has 0 saturated heterocycles. The number of aromatic nitrogens is 3. The van der Waals surface area contributed by atoms with Crippen LogP contribution in [0, 0.1) is 0 Å². The van der Waals surface area contributed by atoms with E-state index in [1.54, 1.807) is 17.0 Å². The Bertz CT molecular complexity index is 655. The summed E-state index contributed by atoms with van der Waals surface area (Å²) in [5.74, 6) is -2.54. The summed E-state index contributed by atoms with van der Waals surface area (Å²) in [5, 5.41) is 26.0.